The van der Waals surface area contributed by atoms with Gasteiger partial charge in [-0.3, -0.25) is 4.79 Å². The average molecular weight is 237 g/mol. The van der Waals surface area contributed by atoms with E-state index in [4.69, 9.17) is 4.74 Å². The zero-order valence-electron chi connectivity index (χ0n) is 10.5. The van der Waals surface area contributed by atoms with Crippen molar-refractivity contribution in [2.24, 2.45) is 5.92 Å². The van der Waals surface area contributed by atoms with Crippen LogP contribution in [0.5, 0.6) is 5.75 Å². The third-order valence-electron chi connectivity index (χ3n) is 2.54. The highest BCUT2D eigenvalue weighted by Crippen LogP contribution is 2.11. The summed E-state index contributed by atoms with van der Waals surface area (Å²) < 4.78 is 9.73. The summed E-state index contributed by atoms with van der Waals surface area (Å²) in [5, 5.41) is 3.21. The van der Waals surface area contributed by atoms with Gasteiger partial charge in [0.25, 0.3) is 0 Å². The van der Waals surface area contributed by atoms with Crippen LogP contribution in [0.4, 0.5) is 0 Å². The Kier molecular flexibility index (Phi) is 5.49. The monoisotopic (exact) mass is 237 g/mol. The maximum absolute atomic E-state index is 11.2. The van der Waals surface area contributed by atoms with E-state index in [1.807, 2.05) is 31.2 Å². The van der Waals surface area contributed by atoms with Crippen molar-refractivity contribution in [2.75, 3.05) is 20.8 Å². The first-order chi connectivity index (χ1) is 8.17. The molecule has 1 rings (SSSR count). The van der Waals surface area contributed by atoms with E-state index >= 15 is 0 Å². The van der Waals surface area contributed by atoms with Gasteiger partial charge in [0, 0.05) is 13.1 Å². The van der Waals surface area contributed by atoms with Crippen LogP contribution in [0, 0.1) is 5.92 Å². The van der Waals surface area contributed by atoms with Crippen LogP contribution in [0.25, 0.3) is 0 Å². The summed E-state index contributed by atoms with van der Waals surface area (Å²) in [6, 6.07) is 7.82. The first-order valence-corrected chi connectivity index (χ1v) is 5.59. The Bertz CT molecular complexity index is 348. The molecule has 0 aliphatic rings. The summed E-state index contributed by atoms with van der Waals surface area (Å²) in [4.78, 5) is 11.2. The van der Waals surface area contributed by atoms with Gasteiger partial charge in [-0.15, -0.1) is 0 Å². The van der Waals surface area contributed by atoms with Crippen LogP contribution < -0.4 is 10.1 Å². The number of hydrogen-bond acceptors (Lipinski definition) is 4. The fourth-order valence-electron chi connectivity index (χ4n) is 1.46. The minimum atomic E-state index is -0.188. The van der Waals surface area contributed by atoms with E-state index in [0.717, 1.165) is 17.9 Å². The Balaban J connectivity index is 2.33. The minimum Gasteiger partial charge on any atom is -0.497 e. The van der Waals surface area contributed by atoms with Gasteiger partial charge >= 0.3 is 5.97 Å². The molecule has 4 heteroatoms. The number of esters is 1. The molecule has 1 aromatic carbocycles. The van der Waals surface area contributed by atoms with Crippen molar-refractivity contribution in [1.82, 2.24) is 5.32 Å². The van der Waals surface area contributed by atoms with Gasteiger partial charge in [-0.05, 0) is 17.7 Å². The Morgan fingerprint density at radius 3 is 2.47 bits per heavy atom. The van der Waals surface area contributed by atoms with Gasteiger partial charge in [-0.2, -0.15) is 0 Å². The van der Waals surface area contributed by atoms with E-state index in [0.29, 0.717) is 6.54 Å². The number of ether oxygens (including phenoxy) is 2. The molecule has 0 fully saturated rings. The SMILES string of the molecule is COC(=O)C(C)CNCc1ccc(OC)cc1. The Labute approximate surface area is 102 Å². The predicted octanol–water partition coefficient (Wildman–Crippen LogP) is 1.59. The highest BCUT2D eigenvalue weighted by Gasteiger charge is 2.11. The standard InChI is InChI=1S/C13H19NO3/c1-10(13(15)17-3)8-14-9-11-4-6-12(16-2)7-5-11/h4-7,10,14H,8-9H2,1-3H3. The second-order valence-electron chi connectivity index (χ2n) is 3.90. The molecule has 1 unspecified atom stereocenters. The zero-order valence-corrected chi connectivity index (χ0v) is 10.5. The summed E-state index contributed by atoms with van der Waals surface area (Å²) in [5.41, 5.74) is 1.16. The summed E-state index contributed by atoms with van der Waals surface area (Å²) in [5.74, 6) is 0.530. The van der Waals surface area contributed by atoms with Gasteiger partial charge in [-0.1, -0.05) is 19.1 Å². The zero-order chi connectivity index (χ0) is 12.7. The van der Waals surface area contributed by atoms with Crippen LogP contribution in [-0.2, 0) is 16.1 Å². The van der Waals surface area contributed by atoms with Crippen molar-refractivity contribution in [3.05, 3.63) is 29.8 Å². The summed E-state index contributed by atoms with van der Waals surface area (Å²) in [6.07, 6.45) is 0. The van der Waals surface area contributed by atoms with Crippen molar-refractivity contribution in [1.29, 1.82) is 0 Å². The lowest BCUT2D eigenvalue weighted by atomic mass is 10.1. The minimum absolute atomic E-state index is 0.127. The largest absolute Gasteiger partial charge is 0.497 e. The Morgan fingerprint density at radius 2 is 1.94 bits per heavy atom. The summed E-state index contributed by atoms with van der Waals surface area (Å²) in [7, 11) is 3.05. The highest BCUT2D eigenvalue weighted by atomic mass is 16.5. The second kappa shape index (κ2) is 6.91. The third-order valence-corrected chi connectivity index (χ3v) is 2.54. The predicted molar refractivity (Wildman–Crippen MR) is 65.9 cm³/mol. The van der Waals surface area contributed by atoms with Gasteiger partial charge in [-0.25, -0.2) is 0 Å². The number of rotatable bonds is 6. The Morgan fingerprint density at radius 1 is 1.29 bits per heavy atom. The van der Waals surface area contributed by atoms with E-state index in [2.05, 4.69) is 10.1 Å². The first kappa shape index (κ1) is 13.5. The number of carbonyl (C=O) groups excluding carboxylic acids is 1. The molecule has 17 heavy (non-hydrogen) atoms. The van der Waals surface area contributed by atoms with Crippen molar-refractivity contribution >= 4 is 5.97 Å². The second-order valence-corrected chi connectivity index (χ2v) is 3.90. The molecule has 94 valence electrons. The summed E-state index contributed by atoms with van der Waals surface area (Å²) >= 11 is 0. The fraction of sp³-hybridized carbons (Fsp3) is 0.462. The maximum Gasteiger partial charge on any atom is 0.309 e. The Hall–Kier alpha value is -1.55. The van der Waals surface area contributed by atoms with Crippen LogP contribution in [0.15, 0.2) is 24.3 Å². The smallest absolute Gasteiger partial charge is 0.309 e. The molecule has 0 aromatic heterocycles. The van der Waals surface area contributed by atoms with Crippen molar-refractivity contribution in [3.63, 3.8) is 0 Å². The van der Waals surface area contributed by atoms with Gasteiger partial charge in [0.05, 0.1) is 20.1 Å². The number of nitrogens with one attached hydrogen (secondary N) is 1. The van der Waals surface area contributed by atoms with Crippen LogP contribution in [0.1, 0.15) is 12.5 Å². The molecule has 0 radical (unpaired) electrons. The molecule has 0 aliphatic heterocycles. The normalized spacial score (nSPS) is 11.9. The lowest BCUT2D eigenvalue weighted by Gasteiger charge is -2.10. The van der Waals surface area contributed by atoms with Crippen molar-refractivity contribution in [2.45, 2.75) is 13.5 Å². The van der Waals surface area contributed by atoms with E-state index in [1.165, 1.54) is 7.11 Å². The molecule has 0 saturated heterocycles. The summed E-state index contributed by atoms with van der Waals surface area (Å²) in [6.45, 7) is 3.18. The van der Waals surface area contributed by atoms with Crippen LogP contribution in [0.3, 0.4) is 0 Å². The first-order valence-electron chi connectivity index (χ1n) is 5.59. The average Bonchev–Trinajstić information content (AvgIpc) is 2.38. The van der Waals surface area contributed by atoms with Crippen LogP contribution >= 0.6 is 0 Å². The fourth-order valence-corrected chi connectivity index (χ4v) is 1.46. The van der Waals surface area contributed by atoms with Gasteiger partial charge < -0.3 is 14.8 Å². The molecule has 1 aromatic rings. The molecule has 0 bridgehead atoms. The third kappa shape index (κ3) is 4.44. The molecule has 1 N–H and O–H groups in total. The lowest BCUT2D eigenvalue weighted by Crippen LogP contribution is -2.26. The number of carbonyl (C=O) groups is 1. The topological polar surface area (TPSA) is 47.6 Å². The molecule has 1 atom stereocenters. The molecule has 0 spiro atoms. The maximum atomic E-state index is 11.2. The van der Waals surface area contributed by atoms with Gasteiger partial charge in [0.1, 0.15) is 5.75 Å². The van der Waals surface area contributed by atoms with Crippen molar-refractivity contribution in [3.8, 4) is 5.75 Å². The molecular formula is C13H19NO3. The number of benzene rings is 1. The van der Waals surface area contributed by atoms with Crippen LogP contribution in [-0.4, -0.2) is 26.7 Å². The van der Waals surface area contributed by atoms with E-state index in [-0.39, 0.29) is 11.9 Å². The highest BCUT2D eigenvalue weighted by molar-refractivity contribution is 5.72. The molecule has 0 saturated carbocycles. The van der Waals surface area contributed by atoms with Gasteiger partial charge in [0.2, 0.25) is 0 Å². The molecule has 4 nitrogen and oxygen atoms in total. The van der Waals surface area contributed by atoms with Crippen LogP contribution in [0.2, 0.25) is 0 Å². The molecule has 0 aliphatic carbocycles. The van der Waals surface area contributed by atoms with E-state index in [1.54, 1.807) is 7.11 Å². The molecule has 0 amide bonds. The van der Waals surface area contributed by atoms with Crippen molar-refractivity contribution < 1.29 is 14.3 Å². The molecular weight excluding hydrogens is 218 g/mol. The number of hydrogen-bond donors (Lipinski definition) is 1. The van der Waals surface area contributed by atoms with E-state index in [9.17, 15) is 4.79 Å². The van der Waals surface area contributed by atoms with Gasteiger partial charge in [0.15, 0.2) is 0 Å². The van der Waals surface area contributed by atoms with E-state index < -0.39 is 0 Å². The molecule has 0 heterocycles. The quantitative estimate of drug-likeness (QED) is 0.763. The number of methoxy groups -OCH3 is 2. The lowest BCUT2D eigenvalue weighted by molar-refractivity contribution is -0.144.